The number of aryl methyl sites for hydroxylation is 1. The van der Waals surface area contributed by atoms with Gasteiger partial charge in [-0.2, -0.15) is 0 Å². The highest BCUT2D eigenvalue weighted by Gasteiger charge is 2.23. The molecule has 0 saturated heterocycles. The fraction of sp³-hybridized carbons (Fsp3) is 0.278. The molecular weight excluding hydrogens is 276 g/mol. The van der Waals surface area contributed by atoms with Crippen molar-refractivity contribution >= 4 is 5.91 Å². The van der Waals surface area contributed by atoms with Gasteiger partial charge in [0.1, 0.15) is 11.8 Å². The lowest BCUT2D eigenvalue weighted by atomic mass is 10.00. The lowest BCUT2D eigenvalue weighted by Gasteiger charge is -2.25. The Morgan fingerprint density at radius 3 is 2.36 bits per heavy atom. The fourth-order valence-electron chi connectivity index (χ4n) is 2.45. The summed E-state index contributed by atoms with van der Waals surface area (Å²) in [6, 6.07) is 14.4. The van der Waals surface area contributed by atoms with E-state index in [1.807, 2.05) is 50.2 Å². The van der Waals surface area contributed by atoms with E-state index in [9.17, 15) is 9.90 Å². The fourth-order valence-corrected chi connectivity index (χ4v) is 2.45. The minimum Gasteiger partial charge on any atom is -0.508 e. The van der Waals surface area contributed by atoms with Crippen molar-refractivity contribution in [1.29, 1.82) is 0 Å². The van der Waals surface area contributed by atoms with E-state index in [-0.39, 0.29) is 17.7 Å². The zero-order chi connectivity index (χ0) is 16.1. The van der Waals surface area contributed by atoms with Crippen LogP contribution >= 0.6 is 0 Å². The molecule has 2 rings (SSSR count). The van der Waals surface area contributed by atoms with Crippen LogP contribution in [0.25, 0.3) is 0 Å². The van der Waals surface area contributed by atoms with Crippen molar-refractivity contribution in [1.82, 2.24) is 10.2 Å². The van der Waals surface area contributed by atoms with E-state index < -0.39 is 0 Å². The van der Waals surface area contributed by atoms with Gasteiger partial charge in [-0.1, -0.05) is 36.4 Å². The Balaban J connectivity index is 2.11. The van der Waals surface area contributed by atoms with Gasteiger partial charge in [0, 0.05) is 6.54 Å². The van der Waals surface area contributed by atoms with Crippen LogP contribution in [-0.2, 0) is 11.3 Å². The predicted molar refractivity (Wildman–Crippen MR) is 87.6 cm³/mol. The Morgan fingerprint density at radius 1 is 1.14 bits per heavy atom. The Bertz CT molecular complexity index is 636. The second-order valence-electron chi connectivity index (χ2n) is 5.61. The minimum absolute atomic E-state index is 0.0348. The van der Waals surface area contributed by atoms with Gasteiger partial charge >= 0.3 is 0 Å². The first-order chi connectivity index (χ1) is 10.5. The van der Waals surface area contributed by atoms with Crippen molar-refractivity contribution in [2.75, 3.05) is 14.1 Å². The maximum atomic E-state index is 12.6. The molecule has 1 unspecified atom stereocenters. The molecule has 2 aromatic rings. The zero-order valence-electron chi connectivity index (χ0n) is 13.2. The highest BCUT2D eigenvalue weighted by atomic mass is 16.3. The Labute approximate surface area is 131 Å². The van der Waals surface area contributed by atoms with E-state index in [2.05, 4.69) is 5.32 Å². The van der Waals surface area contributed by atoms with Gasteiger partial charge in [0.05, 0.1) is 0 Å². The maximum absolute atomic E-state index is 12.6. The maximum Gasteiger partial charge on any atom is 0.242 e. The summed E-state index contributed by atoms with van der Waals surface area (Å²) in [5, 5.41) is 12.2. The summed E-state index contributed by atoms with van der Waals surface area (Å²) in [5.74, 6) is 0.188. The summed E-state index contributed by atoms with van der Waals surface area (Å²) in [6.45, 7) is 2.45. The van der Waals surface area contributed by atoms with E-state index in [1.165, 1.54) is 0 Å². The number of likely N-dealkylation sites (N-methyl/N-ethyl adjacent to an activating group) is 1. The average Bonchev–Trinajstić information content (AvgIpc) is 2.48. The Hall–Kier alpha value is -2.33. The van der Waals surface area contributed by atoms with Crippen molar-refractivity contribution in [3.8, 4) is 5.75 Å². The number of rotatable bonds is 5. The quantitative estimate of drug-likeness (QED) is 0.892. The smallest absolute Gasteiger partial charge is 0.242 e. The molecule has 0 bridgehead atoms. The van der Waals surface area contributed by atoms with Gasteiger partial charge in [-0.3, -0.25) is 9.69 Å². The number of phenolic OH excluding ortho intramolecular Hbond substituents is 1. The van der Waals surface area contributed by atoms with E-state index >= 15 is 0 Å². The molecule has 4 heteroatoms. The summed E-state index contributed by atoms with van der Waals surface area (Å²) in [4.78, 5) is 14.5. The van der Waals surface area contributed by atoms with Gasteiger partial charge in [0.25, 0.3) is 0 Å². The van der Waals surface area contributed by atoms with Crippen LogP contribution in [0.5, 0.6) is 5.75 Å². The lowest BCUT2D eigenvalue weighted by Crippen LogP contribution is -2.37. The van der Waals surface area contributed by atoms with Crippen LogP contribution in [0.1, 0.15) is 22.7 Å². The molecule has 0 fully saturated rings. The summed E-state index contributed by atoms with van der Waals surface area (Å²) in [5.41, 5.74) is 3.06. The summed E-state index contributed by atoms with van der Waals surface area (Å²) in [7, 11) is 3.80. The number of benzene rings is 2. The minimum atomic E-state index is -0.321. The van der Waals surface area contributed by atoms with Crippen molar-refractivity contribution in [3.63, 3.8) is 0 Å². The Kier molecular flexibility index (Phi) is 5.17. The summed E-state index contributed by atoms with van der Waals surface area (Å²) in [6.07, 6.45) is 0. The molecule has 0 aromatic heterocycles. The predicted octanol–water partition coefficient (Wildman–Crippen LogP) is 2.62. The van der Waals surface area contributed by atoms with Gasteiger partial charge < -0.3 is 10.4 Å². The van der Waals surface area contributed by atoms with Crippen LogP contribution in [0.15, 0.2) is 48.5 Å². The molecule has 2 aromatic carbocycles. The second-order valence-corrected chi connectivity index (χ2v) is 5.61. The van der Waals surface area contributed by atoms with Crippen LogP contribution in [0, 0.1) is 6.92 Å². The third-order valence-electron chi connectivity index (χ3n) is 3.65. The van der Waals surface area contributed by atoms with Crippen LogP contribution in [0.2, 0.25) is 0 Å². The summed E-state index contributed by atoms with van der Waals surface area (Å²) >= 11 is 0. The van der Waals surface area contributed by atoms with Crippen molar-refractivity contribution in [2.24, 2.45) is 0 Å². The molecule has 0 heterocycles. The van der Waals surface area contributed by atoms with Crippen molar-refractivity contribution in [3.05, 3.63) is 65.2 Å². The molecule has 0 aliphatic rings. The molecule has 1 amide bonds. The van der Waals surface area contributed by atoms with E-state index in [0.29, 0.717) is 6.54 Å². The van der Waals surface area contributed by atoms with Crippen LogP contribution in [0.3, 0.4) is 0 Å². The first kappa shape index (κ1) is 16.0. The highest BCUT2D eigenvalue weighted by Crippen LogP contribution is 2.22. The average molecular weight is 298 g/mol. The number of aromatic hydroxyl groups is 1. The van der Waals surface area contributed by atoms with Gasteiger partial charge in [-0.25, -0.2) is 0 Å². The molecule has 0 radical (unpaired) electrons. The molecule has 4 nitrogen and oxygen atoms in total. The van der Waals surface area contributed by atoms with Gasteiger partial charge in [0.15, 0.2) is 0 Å². The summed E-state index contributed by atoms with van der Waals surface area (Å²) < 4.78 is 0. The number of carbonyl (C=O) groups excluding carboxylic acids is 1. The first-order valence-electron chi connectivity index (χ1n) is 7.26. The molecule has 2 N–H and O–H groups in total. The van der Waals surface area contributed by atoms with Crippen molar-refractivity contribution in [2.45, 2.75) is 19.5 Å². The highest BCUT2D eigenvalue weighted by molar-refractivity contribution is 5.83. The molecule has 116 valence electrons. The number of hydrogen-bond donors (Lipinski definition) is 2. The molecule has 0 aliphatic carbocycles. The molecule has 0 aliphatic heterocycles. The number of hydrogen-bond acceptors (Lipinski definition) is 3. The van der Waals surface area contributed by atoms with Gasteiger partial charge in [0.2, 0.25) is 5.91 Å². The third kappa shape index (κ3) is 3.86. The monoisotopic (exact) mass is 298 g/mol. The third-order valence-corrected chi connectivity index (χ3v) is 3.65. The number of phenols is 1. The molecule has 1 atom stereocenters. The van der Waals surface area contributed by atoms with E-state index in [4.69, 9.17) is 0 Å². The number of nitrogens with one attached hydrogen (secondary N) is 1. The number of amides is 1. The second kappa shape index (κ2) is 7.09. The molecule has 0 spiro atoms. The van der Waals surface area contributed by atoms with Gasteiger partial charge in [-0.05, 0) is 49.8 Å². The number of carbonyl (C=O) groups is 1. The number of nitrogens with zero attached hydrogens (tertiary/aromatic N) is 1. The van der Waals surface area contributed by atoms with Crippen LogP contribution < -0.4 is 5.32 Å². The van der Waals surface area contributed by atoms with Crippen LogP contribution in [0.4, 0.5) is 0 Å². The molecule has 22 heavy (non-hydrogen) atoms. The molecular formula is C18H22N2O2. The van der Waals surface area contributed by atoms with Crippen molar-refractivity contribution < 1.29 is 9.90 Å². The van der Waals surface area contributed by atoms with Gasteiger partial charge in [-0.15, -0.1) is 0 Å². The van der Waals surface area contributed by atoms with E-state index in [1.54, 1.807) is 24.3 Å². The molecule has 0 saturated carbocycles. The Morgan fingerprint density at radius 2 is 1.77 bits per heavy atom. The van der Waals surface area contributed by atoms with Crippen LogP contribution in [-0.4, -0.2) is 30.0 Å². The lowest BCUT2D eigenvalue weighted by molar-refractivity contribution is -0.126. The normalized spacial score (nSPS) is 12.2. The standard InChI is InChI=1S/C18H22N2O2/c1-13-6-4-5-7-16(13)17(20(2)3)18(22)19-12-14-8-10-15(21)11-9-14/h4-11,17,21H,12H2,1-3H3,(H,19,22). The largest absolute Gasteiger partial charge is 0.508 e. The SMILES string of the molecule is Cc1ccccc1C(C(=O)NCc1ccc(O)cc1)N(C)C. The van der Waals surface area contributed by atoms with E-state index in [0.717, 1.165) is 16.7 Å². The zero-order valence-corrected chi connectivity index (χ0v) is 13.2. The first-order valence-corrected chi connectivity index (χ1v) is 7.26. The topological polar surface area (TPSA) is 52.6 Å².